The van der Waals surface area contributed by atoms with Crippen molar-refractivity contribution in [1.29, 1.82) is 0 Å². The van der Waals surface area contributed by atoms with E-state index in [0.29, 0.717) is 25.1 Å². The normalized spacial score (nSPS) is 18.0. The first-order valence-electron chi connectivity index (χ1n) is 9.66. The lowest BCUT2D eigenvalue weighted by Gasteiger charge is -2.32. The number of ether oxygens (including phenoxy) is 1. The molecule has 0 unspecified atom stereocenters. The van der Waals surface area contributed by atoms with Gasteiger partial charge in [-0.25, -0.2) is 13.2 Å². The number of sulfonamides is 1. The number of esters is 1. The van der Waals surface area contributed by atoms with Crippen LogP contribution >= 0.6 is 0 Å². The Kier molecular flexibility index (Phi) is 6.80. The standard InChI is InChI=1S/C21H26N2O4S/c1-17-6-2-3-14-23(17)28(25,26)20-11-9-19(10-12-20)21(24)27-15-5-8-18-7-4-13-22-16-18/h4,7,9-13,16-17H,2-3,5-6,8,14-15H2,1H3/t17-/m0/s1. The summed E-state index contributed by atoms with van der Waals surface area (Å²) < 4.78 is 32.5. The Morgan fingerprint density at radius 2 is 2.00 bits per heavy atom. The molecule has 1 fully saturated rings. The molecule has 1 saturated heterocycles. The number of carbonyl (C=O) groups is 1. The average Bonchev–Trinajstić information content (AvgIpc) is 2.72. The minimum atomic E-state index is -3.53. The van der Waals surface area contributed by atoms with Gasteiger partial charge in [0, 0.05) is 25.0 Å². The number of aromatic nitrogens is 1. The van der Waals surface area contributed by atoms with E-state index in [1.807, 2.05) is 19.1 Å². The molecule has 1 aromatic carbocycles. The van der Waals surface area contributed by atoms with Gasteiger partial charge in [-0.1, -0.05) is 12.5 Å². The highest BCUT2D eigenvalue weighted by molar-refractivity contribution is 7.89. The third kappa shape index (κ3) is 4.97. The van der Waals surface area contributed by atoms with Gasteiger partial charge in [0.15, 0.2) is 0 Å². The molecule has 0 bridgehead atoms. The van der Waals surface area contributed by atoms with E-state index in [4.69, 9.17) is 4.74 Å². The highest BCUT2D eigenvalue weighted by atomic mass is 32.2. The van der Waals surface area contributed by atoms with Gasteiger partial charge in [-0.3, -0.25) is 4.98 Å². The van der Waals surface area contributed by atoms with Crippen LogP contribution in [0, 0.1) is 0 Å². The van der Waals surface area contributed by atoms with Gasteiger partial charge in [-0.05, 0) is 68.5 Å². The highest BCUT2D eigenvalue weighted by Gasteiger charge is 2.30. The van der Waals surface area contributed by atoms with Crippen LogP contribution in [0.5, 0.6) is 0 Å². The highest BCUT2D eigenvalue weighted by Crippen LogP contribution is 2.25. The summed E-state index contributed by atoms with van der Waals surface area (Å²) in [5, 5.41) is 0. The van der Waals surface area contributed by atoms with Gasteiger partial charge in [-0.15, -0.1) is 0 Å². The molecular formula is C21H26N2O4S. The van der Waals surface area contributed by atoms with Crippen LogP contribution in [0.25, 0.3) is 0 Å². The Morgan fingerprint density at radius 3 is 2.68 bits per heavy atom. The summed E-state index contributed by atoms with van der Waals surface area (Å²) in [6.07, 6.45) is 7.82. The predicted octanol–water partition coefficient (Wildman–Crippen LogP) is 3.43. The molecule has 150 valence electrons. The maximum Gasteiger partial charge on any atom is 0.338 e. The minimum absolute atomic E-state index is 0.00297. The molecule has 1 aromatic heterocycles. The number of benzene rings is 1. The van der Waals surface area contributed by atoms with Crippen molar-refractivity contribution in [3.63, 3.8) is 0 Å². The summed E-state index contributed by atoms with van der Waals surface area (Å²) in [7, 11) is -3.53. The Labute approximate surface area is 166 Å². The SMILES string of the molecule is C[C@H]1CCCCN1S(=O)(=O)c1ccc(C(=O)OCCCc2cccnc2)cc1. The van der Waals surface area contributed by atoms with Crippen LogP contribution in [0.2, 0.25) is 0 Å². The van der Waals surface area contributed by atoms with E-state index >= 15 is 0 Å². The Hall–Kier alpha value is -2.25. The van der Waals surface area contributed by atoms with E-state index in [1.54, 1.807) is 16.7 Å². The first-order chi connectivity index (χ1) is 13.5. The quantitative estimate of drug-likeness (QED) is 0.524. The van der Waals surface area contributed by atoms with E-state index in [-0.39, 0.29) is 10.9 Å². The topological polar surface area (TPSA) is 76.6 Å². The average molecular weight is 403 g/mol. The second-order valence-corrected chi connectivity index (χ2v) is 8.98. The molecule has 0 amide bonds. The van der Waals surface area contributed by atoms with Gasteiger partial charge >= 0.3 is 5.97 Å². The van der Waals surface area contributed by atoms with Crippen LogP contribution in [0.3, 0.4) is 0 Å². The van der Waals surface area contributed by atoms with Crippen LogP contribution in [0.1, 0.15) is 48.5 Å². The van der Waals surface area contributed by atoms with Crippen LogP contribution in [-0.2, 0) is 21.2 Å². The van der Waals surface area contributed by atoms with Gasteiger partial charge in [0.1, 0.15) is 0 Å². The molecule has 1 aliphatic heterocycles. The molecule has 28 heavy (non-hydrogen) atoms. The summed E-state index contributed by atoms with van der Waals surface area (Å²) >= 11 is 0. The zero-order chi connectivity index (χ0) is 20.0. The van der Waals surface area contributed by atoms with E-state index in [1.165, 1.54) is 24.3 Å². The molecule has 3 rings (SSSR count). The number of carbonyl (C=O) groups excluding carboxylic acids is 1. The van der Waals surface area contributed by atoms with Crippen molar-refractivity contribution >= 4 is 16.0 Å². The molecule has 0 aliphatic carbocycles. The molecule has 0 radical (unpaired) electrons. The van der Waals surface area contributed by atoms with Crippen molar-refractivity contribution in [3.8, 4) is 0 Å². The lowest BCUT2D eigenvalue weighted by molar-refractivity contribution is 0.0500. The minimum Gasteiger partial charge on any atom is -0.462 e. The van der Waals surface area contributed by atoms with Crippen molar-refractivity contribution in [3.05, 3.63) is 59.9 Å². The van der Waals surface area contributed by atoms with Crippen LogP contribution in [0.15, 0.2) is 53.7 Å². The molecule has 6 nitrogen and oxygen atoms in total. The summed E-state index contributed by atoms with van der Waals surface area (Å²) in [5.41, 5.74) is 1.45. The number of pyridine rings is 1. The summed E-state index contributed by atoms with van der Waals surface area (Å²) in [5.74, 6) is -0.443. The molecule has 1 atom stereocenters. The fourth-order valence-corrected chi connectivity index (χ4v) is 5.10. The molecule has 2 aromatic rings. The Balaban J connectivity index is 1.55. The first-order valence-corrected chi connectivity index (χ1v) is 11.1. The van der Waals surface area contributed by atoms with E-state index in [9.17, 15) is 13.2 Å². The Morgan fingerprint density at radius 1 is 1.21 bits per heavy atom. The van der Waals surface area contributed by atoms with E-state index in [0.717, 1.165) is 31.2 Å². The molecule has 2 heterocycles. The maximum absolute atomic E-state index is 12.8. The molecule has 7 heteroatoms. The number of hydrogen-bond donors (Lipinski definition) is 0. The van der Waals surface area contributed by atoms with Crippen molar-refractivity contribution in [2.24, 2.45) is 0 Å². The lowest BCUT2D eigenvalue weighted by Crippen LogP contribution is -2.41. The van der Waals surface area contributed by atoms with Gasteiger partial charge in [-0.2, -0.15) is 4.31 Å². The number of nitrogens with zero attached hydrogens (tertiary/aromatic N) is 2. The van der Waals surface area contributed by atoms with Gasteiger partial charge in [0.25, 0.3) is 0 Å². The van der Waals surface area contributed by atoms with Crippen molar-refractivity contribution in [2.75, 3.05) is 13.2 Å². The van der Waals surface area contributed by atoms with Crippen LogP contribution < -0.4 is 0 Å². The van der Waals surface area contributed by atoms with Crippen LogP contribution in [-0.4, -0.2) is 42.9 Å². The lowest BCUT2D eigenvalue weighted by atomic mass is 10.1. The van der Waals surface area contributed by atoms with Gasteiger partial charge in [0.2, 0.25) is 10.0 Å². The van der Waals surface area contributed by atoms with E-state index in [2.05, 4.69) is 4.98 Å². The van der Waals surface area contributed by atoms with Crippen molar-refractivity contribution in [2.45, 2.75) is 50.0 Å². The smallest absolute Gasteiger partial charge is 0.338 e. The monoisotopic (exact) mass is 402 g/mol. The number of aryl methyl sites for hydroxylation is 1. The van der Waals surface area contributed by atoms with E-state index < -0.39 is 16.0 Å². The fraction of sp³-hybridized carbons (Fsp3) is 0.429. The second-order valence-electron chi connectivity index (χ2n) is 7.09. The summed E-state index contributed by atoms with van der Waals surface area (Å²) in [4.78, 5) is 16.4. The zero-order valence-corrected chi connectivity index (χ0v) is 16.9. The predicted molar refractivity (Wildman–Crippen MR) is 106 cm³/mol. The maximum atomic E-state index is 12.8. The molecule has 0 saturated carbocycles. The third-order valence-corrected chi connectivity index (χ3v) is 7.03. The zero-order valence-electron chi connectivity index (χ0n) is 16.1. The number of rotatable bonds is 7. The summed E-state index contributed by atoms with van der Waals surface area (Å²) in [6.45, 7) is 2.79. The molecule has 0 N–H and O–H groups in total. The summed E-state index contributed by atoms with van der Waals surface area (Å²) in [6, 6.07) is 9.88. The fourth-order valence-electron chi connectivity index (χ4n) is 3.40. The number of piperidine rings is 1. The second kappa shape index (κ2) is 9.30. The van der Waals surface area contributed by atoms with Gasteiger partial charge in [0.05, 0.1) is 17.1 Å². The first kappa shape index (κ1) is 20.5. The van der Waals surface area contributed by atoms with Gasteiger partial charge < -0.3 is 4.74 Å². The van der Waals surface area contributed by atoms with Crippen molar-refractivity contribution < 1.29 is 17.9 Å². The third-order valence-electron chi connectivity index (χ3n) is 5.00. The van der Waals surface area contributed by atoms with Crippen LogP contribution in [0.4, 0.5) is 0 Å². The molecule has 1 aliphatic rings. The molecular weight excluding hydrogens is 376 g/mol. The molecule has 0 spiro atoms. The number of hydrogen-bond acceptors (Lipinski definition) is 5. The largest absolute Gasteiger partial charge is 0.462 e. The van der Waals surface area contributed by atoms with Crippen molar-refractivity contribution in [1.82, 2.24) is 9.29 Å². The Bertz CT molecular complexity index is 882.